The van der Waals surface area contributed by atoms with E-state index in [1.807, 2.05) is 24.8 Å². The van der Waals surface area contributed by atoms with Gasteiger partial charge < -0.3 is 15.1 Å². The normalized spacial score (nSPS) is 17.0. The molecule has 2 amide bonds. The fraction of sp³-hybridized carbons (Fsp3) is 0.269. The largest absolute Gasteiger partial charge is 0.351 e. The van der Waals surface area contributed by atoms with Crippen LogP contribution in [-0.4, -0.2) is 46.6 Å². The third-order valence-corrected chi connectivity index (χ3v) is 7.47. The Morgan fingerprint density at radius 2 is 1.89 bits per heavy atom. The highest BCUT2D eigenvalue weighted by Gasteiger charge is 2.30. The van der Waals surface area contributed by atoms with Gasteiger partial charge in [0.25, 0.3) is 0 Å². The minimum Gasteiger partial charge on any atom is -0.351 e. The maximum absolute atomic E-state index is 13.6. The molecule has 6 nitrogen and oxygen atoms in total. The summed E-state index contributed by atoms with van der Waals surface area (Å²) in [6.45, 7) is 5.64. The second-order valence-corrected chi connectivity index (χ2v) is 9.80. The van der Waals surface area contributed by atoms with E-state index in [2.05, 4.69) is 20.2 Å². The van der Waals surface area contributed by atoms with Crippen LogP contribution in [0.2, 0.25) is 0 Å². The smallest absolute Gasteiger partial charge is 0.318 e. The molecule has 2 atom stereocenters. The highest BCUT2D eigenvalue weighted by atomic mass is 32.1. The van der Waals surface area contributed by atoms with Crippen LogP contribution in [0.4, 0.5) is 19.4 Å². The molecule has 1 aliphatic heterocycles. The van der Waals surface area contributed by atoms with Crippen LogP contribution in [0.25, 0.3) is 20.7 Å². The van der Waals surface area contributed by atoms with Crippen molar-refractivity contribution in [3.63, 3.8) is 0 Å². The van der Waals surface area contributed by atoms with Gasteiger partial charge in [-0.1, -0.05) is 24.3 Å². The summed E-state index contributed by atoms with van der Waals surface area (Å²) in [6.07, 6.45) is 1.56. The summed E-state index contributed by atoms with van der Waals surface area (Å²) in [4.78, 5) is 26.9. The Hall–Kier alpha value is -3.59. The van der Waals surface area contributed by atoms with Crippen LogP contribution >= 0.6 is 11.3 Å². The highest BCUT2D eigenvalue weighted by Crippen LogP contribution is 2.37. The summed E-state index contributed by atoms with van der Waals surface area (Å²) in [6, 6.07) is 14.2. The van der Waals surface area contributed by atoms with E-state index in [4.69, 9.17) is 0 Å². The molecule has 4 aromatic rings. The number of anilines is 1. The summed E-state index contributed by atoms with van der Waals surface area (Å²) in [5.74, 6) is 0.253. The van der Waals surface area contributed by atoms with Gasteiger partial charge in [-0.25, -0.2) is 23.5 Å². The van der Waals surface area contributed by atoms with Gasteiger partial charge in [-0.15, -0.1) is 11.3 Å². The molecule has 2 aromatic heterocycles. The van der Waals surface area contributed by atoms with Gasteiger partial charge in [-0.3, -0.25) is 0 Å². The number of carbonyl (C=O) groups is 1. The van der Waals surface area contributed by atoms with Crippen molar-refractivity contribution in [1.82, 2.24) is 20.2 Å². The van der Waals surface area contributed by atoms with E-state index in [1.165, 1.54) is 24.3 Å². The van der Waals surface area contributed by atoms with Crippen LogP contribution in [0.1, 0.15) is 25.5 Å². The molecule has 0 radical (unpaired) electrons. The summed E-state index contributed by atoms with van der Waals surface area (Å²) in [7, 11) is 0. The Labute approximate surface area is 206 Å². The molecular weight excluding hydrogens is 468 g/mol. The van der Waals surface area contributed by atoms with Crippen molar-refractivity contribution >= 4 is 33.4 Å². The second kappa shape index (κ2) is 9.58. The minimum atomic E-state index is -0.321. The van der Waals surface area contributed by atoms with Crippen LogP contribution in [0.15, 0.2) is 60.9 Å². The van der Waals surface area contributed by atoms with Gasteiger partial charge in [-0.2, -0.15) is 0 Å². The molecule has 180 valence electrons. The number of piperazine rings is 1. The average Bonchev–Trinajstić information content (AvgIpc) is 3.29. The molecular formula is C26H25F2N5OS. The number of thiophene rings is 1. The molecule has 9 heteroatoms. The highest BCUT2D eigenvalue weighted by molar-refractivity contribution is 7.22. The number of fused-ring (bicyclic) bond motifs is 1. The molecule has 3 heterocycles. The van der Waals surface area contributed by atoms with Crippen molar-refractivity contribution in [2.75, 3.05) is 24.5 Å². The number of urea groups is 1. The summed E-state index contributed by atoms with van der Waals surface area (Å²) in [5, 5.41) is 2.98. The first-order valence-corrected chi connectivity index (χ1v) is 12.3. The van der Waals surface area contributed by atoms with Crippen LogP contribution in [0.5, 0.6) is 0 Å². The third kappa shape index (κ3) is 4.81. The number of halogens is 2. The fourth-order valence-corrected chi connectivity index (χ4v) is 5.54. The lowest BCUT2D eigenvalue weighted by Gasteiger charge is -2.40. The van der Waals surface area contributed by atoms with Crippen molar-refractivity contribution < 1.29 is 13.6 Å². The number of aromatic nitrogens is 2. The maximum atomic E-state index is 13.6. The number of amides is 2. The van der Waals surface area contributed by atoms with Crippen LogP contribution in [0, 0.1) is 11.6 Å². The zero-order valence-electron chi connectivity index (χ0n) is 19.4. The lowest BCUT2D eigenvalue weighted by Crippen LogP contribution is -2.57. The van der Waals surface area contributed by atoms with E-state index in [0.717, 1.165) is 32.0 Å². The van der Waals surface area contributed by atoms with Crippen molar-refractivity contribution in [1.29, 1.82) is 0 Å². The molecule has 1 saturated heterocycles. The van der Waals surface area contributed by atoms with Crippen molar-refractivity contribution in [3.05, 3.63) is 78.1 Å². The lowest BCUT2D eigenvalue weighted by molar-refractivity contribution is 0.168. The lowest BCUT2D eigenvalue weighted by atomic mass is 10.1. The van der Waals surface area contributed by atoms with Gasteiger partial charge in [0.2, 0.25) is 0 Å². The number of carbonyl (C=O) groups excluding carboxylic acids is 1. The molecule has 2 aromatic carbocycles. The predicted octanol–water partition coefficient (Wildman–Crippen LogP) is 5.62. The molecule has 0 bridgehead atoms. The molecule has 0 unspecified atom stereocenters. The Morgan fingerprint density at radius 3 is 2.63 bits per heavy atom. The topological polar surface area (TPSA) is 61.4 Å². The van der Waals surface area contributed by atoms with E-state index in [-0.39, 0.29) is 29.7 Å². The average molecular weight is 494 g/mol. The molecule has 1 N–H and O–H groups in total. The third-order valence-electron chi connectivity index (χ3n) is 6.30. The first-order valence-electron chi connectivity index (χ1n) is 11.5. The SMILES string of the molecule is C[C@H](NC(=O)N1CCN(c2ncnc3cc(-c4ccc(F)cc4)sc23)C[C@H]1C)c1cccc(F)c1. The molecule has 1 fully saturated rings. The summed E-state index contributed by atoms with van der Waals surface area (Å²) >= 11 is 1.58. The number of benzene rings is 2. The molecule has 1 aliphatic rings. The van der Waals surface area contributed by atoms with Gasteiger partial charge in [0.15, 0.2) is 0 Å². The van der Waals surface area contributed by atoms with Gasteiger partial charge in [-0.05, 0) is 55.3 Å². The van der Waals surface area contributed by atoms with E-state index in [0.29, 0.717) is 19.6 Å². The van der Waals surface area contributed by atoms with Gasteiger partial charge in [0.1, 0.15) is 23.8 Å². The molecule has 0 saturated carbocycles. The first kappa shape index (κ1) is 23.2. The first-order chi connectivity index (χ1) is 16.9. The van der Waals surface area contributed by atoms with Gasteiger partial charge >= 0.3 is 6.03 Å². The number of rotatable bonds is 4. The van der Waals surface area contributed by atoms with Crippen LogP contribution in [0.3, 0.4) is 0 Å². The van der Waals surface area contributed by atoms with Gasteiger partial charge in [0, 0.05) is 30.6 Å². The fourth-order valence-electron chi connectivity index (χ4n) is 4.40. The summed E-state index contributed by atoms with van der Waals surface area (Å²) in [5.41, 5.74) is 2.50. The molecule has 0 aliphatic carbocycles. The van der Waals surface area contributed by atoms with E-state index < -0.39 is 0 Å². The van der Waals surface area contributed by atoms with Crippen LogP contribution < -0.4 is 10.2 Å². The Kier molecular flexibility index (Phi) is 6.34. The number of hydrogen-bond donors (Lipinski definition) is 1. The van der Waals surface area contributed by atoms with Gasteiger partial charge in [0.05, 0.1) is 16.3 Å². The zero-order chi connectivity index (χ0) is 24.5. The molecule has 0 spiro atoms. The molecule has 35 heavy (non-hydrogen) atoms. The zero-order valence-corrected chi connectivity index (χ0v) is 20.2. The Morgan fingerprint density at radius 1 is 1.09 bits per heavy atom. The summed E-state index contributed by atoms with van der Waals surface area (Å²) < 4.78 is 27.9. The van der Waals surface area contributed by atoms with E-state index >= 15 is 0 Å². The standard InChI is InChI=1S/C26H25F2N5OS/c1-16-14-32(10-11-33(16)26(34)31-17(2)19-4-3-5-21(28)12-19)25-24-22(29-15-30-25)13-23(35-24)18-6-8-20(27)9-7-18/h3-9,12-13,15-17H,10-11,14H2,1-2H3,(H,31,34)/t16-,17+/m1/s1. The number of nitrogens with zero attached hydrogens (tertiary/aromatic N) is 4. The maximum Gasteiger partial charge on any atom is 0.318 e. The molecule has 5 rings (SSSR count). The number of hydrogen-bond acceptors (Lipinski definition) is 5. The van der Waals surface area contributed by atoms with Crippen molar-refractivity contribution in [2.24, 2.45) is 0 Å². The Balaban J connectivity index is 1.30. The van der Waals surface area contributed by atoms with E-state index in [1.54, 1.807) is 41.9 Å². The minimum absolute atomic E-state index is 0.0509. The second-order valence-electron chi connectivity index (χ2n) is 8.74. The number of nitrogens with one attached hydrogen (secondary N) is 1. The predicted molar refractivity (Wildman–Crippen MR) is 135 cm³/mol. The Bertz CT molecular complexity index is 1360. The van der Waals surface area contributed by atoms with E-state index in [9.17, 15) is 13.6 Å². The monoisotopic (exact) mass is 493 g/mol. The van der Waals surface area contributed by atoms with Crippen molar-refractivity contribution in [3.8, 4) is 10.4 Å². The van der Waals surface area contributed by atoms with Crippen LogP contribution in [-0.2, 0) is 0 Å². The van der Waals surface area contributed by atoms with Crippen molar-refractivity contribution in [2.45, 2.75) is 25.9 Å². The quantitative estimate of drug-likeness (QED) is 0.401.